The summed E-state index contributed by atoms with van der Waals surface area (Å²) < 4.78 is 28.3. The van der Waals surface area contributed by atoms with Gasteiger partial charge in [-0.25, -0.2) is 9.37 Å². The van der Waals surface area contributed by atoms with Gasteiger partial charge in [-0.3, -0.25) is 4.98 Å². The molecule has 1 saturated carbocycles. The molecule has 4 rings (SSSR count). The van der Waals surface area contributed by atoms with Crippen molar-refractivity contribution in [2.75, 3.05) is 0 Å². The third-order valence-corrected chi connectivity index (χ3v) is 4.81. The average Bonchev–Trinajstić information content (AvgIpc) is 3.08. The molecule has 0 unspecified atom stereocenters. The van der Waals surface area contributed by atoms with Crippen molar-refractivity contribution in [1.82, 2.24) is 14.5 Å². The number of fused-ring (bicyclic) bond motifs is 2. The zero-order chi connectivity index (χ0) is 15.6. The average molecular weight is 305 g/mol. The number of hydrogen-bond acceptors (Lipinski definition) is 4. The fraction of sp³-hybridized carbons (Fsp3) is 0.625. The molecule has 22 heavy (non-hydrogen) atoms. The van der Waals surface area contributed by atoms with Gasteiger partial charge in [-0.1, -0.05) is 6.92 Å². The lowest BCUT2D eigenvalue weighted by atomic mass is 10.1. The maximum atomic E-state index is 14.3. The molecular formula is C16H20FN3O2. The predicted molar refractivity (Wildman–Crippen MR) is 78.9 cm³/mol. The third-order valence-electron chi connectivity index (χ3n) is 4.81. The van der Waals surface area contributed by atoms with E-state index in [4.69, 9.17) is 9.47 Å². The summed E-state index contributed by atoms with van der Waals surface area (Å²) in [5.41, 5.74) is 1.87. The van der Waals surface area contributed by atoms with Crippen LogP contribution in [0, 0.1) is 18.7 Å². The van der Waals surface area contributed by atoms with Crippen molar-refractivity contribution in [2.45, 2.75) is 58.2 Å². The highest BCUT2D eigenvalue weighted by molar-refractivity contribution is 5.78. The molecule has 0 aromatic carbocycles. The highest BCUT2D eigenvalue weighted by atomic mass is 19.1. The first-order valence-electron chi connectivity index (χ1n) is 7.70. The first-order chi connectivity index (χ1) is 10.4. The maximum Gasteiger partial charge on any atom is 0.167 e. The Bertz CT molecular complexity index is 742. The SMILES string of the molecule is Cc1ncc(F)c2c1ncn2[C@@H]1C[C@H](C)[C@H]2OC(C)(C)O[C@H]21. The molecule has 2 fully saturated rings. The summed E-state index contributed by atoms with van der Waals surface area (Å²) in [7, 11) is 0. The smallest absolute Gasteiger partial charge is 0.167 e. The topological polar surface area (TPSA) is 49.2 Å². The fourth-order valence-corrected chi connectivity index (χ4v) is 3.87. The van der Waals surface area contributed by atoms with E-state index in [0.717, 1.165) is 12.1 Å². The van der Waals surface area contributed by atoms with Crippen molar-refractivity contribution in [3.8, 4) is 0 Å². The molecule has 2 aromatic heterocycles. The summed E-state index contributed by atoms with van der Waals surface area (Å²) >= 11 is 0. The Hall–Kier alpha value is -1.53. The number of aromatic nitrogens is 3. The van der Waals surface area contributed by atoms with Gasteiger partial charge in [-0.2, -0.15) is 0 Å². The molecule has 0 N–H and O–H groups in total. The van der Waals surface area contributed by atoms with Crippen molar-refractivity contribution in [3.63, 3.8) is 0 Å². The van der Waals surface area contributed by atoms with E-state index in [9.17, 15) is 4.39 Å². The van der Waals surface area contributed by atoms with E-state index in [0.29, 0.717) is 17.0 Å². The standard InChI is InChI=1S/C16H20FN3O2/c1-8-5-11(15-14(8)21-16(3,4)22-15)20-7-19-12-9(2)18-6-10(17)13(12)20/h6-8,11,14-15H,5H2,1-4H3/t8-,11+,14+,15-/m0/s1. The Labute approximate surface area is 128 Å². The van der Waals surface area contributed by atoms with E-state index in [-0.39, 0.29) is 24.1 Å². The van der Waals surface area contributed by atoms with Crippen LogP contribution in [0.1, 0.15) is 38.9 Å². The van der Waals surface area contributed by atoms with Gasteiger partial charge in [-0.05, 0) is 33.1 Å². The van der Waals surface area contributed by atoms with Crippen LogP contribution in [0.3, 0.4) is 0 Å². The first-order valence-corrected chi connectivity index (χ1v) is 7.70. The van der Waals surface area contributed by atoms with Gasteiger partial charge in [0.25, 0.3) is 0 Å². The fourth-order valence-electron chi connectivity index (χ4n) is 3.87. The monoisotopic (exact) mass is 305 g/mol. The van der Waals surface area contributed by atoms with Gasteiger partial charge < -0.3 is 14.0 Å². The minimum atomic E-state index is -0.589. The van der Waals surface area contributed by atoms with E-state index in [1.807, 2.05) is 25.3 Å². The van der Waals surface area contributed by atoms with Crippen LogP contribution in [0.4, 0.5) is 4.39 Å². The second kappa shape index (κ2) is 4.49. The Balaban J connectivity index is 1.81. The van der Waals surface area contributed by atoms with E-state index in [2.05, 4.69) is 16.9 Å². The second-order valence-corrected chi connectivity index (χ2v) is 6.89. The van der Waals surface area contributed by atoms with E-state index >= 15 is 0 Å². The van der Waals surface area contributed by atoms with Crippen LogP contribution in [0.25, 0.3) is 11.0 Å². The Morgan fingerprint density at radius 2 is 2.00 bits per heavy atom. The lowest BCUT2D eigenvalue weighted by molar-refractivity contribution is -0.159. The van der Waals surface area contributed by atoms with Gasteiger partial charge in [0.1, 0.15) is 17.1 Å². The van der Waals surface area contributed by atoms with Crippen LogP contribution in [0.2, 0.25) is 0 Å². The van der Waals surface area contributed by atoms with Crippen molar-refractivity contribution < 1.29 is 13.9 Å². The minimum Gasteiger partial charge on any atom is -0.344 e. The van der Waals surface area contributed by atoms with Crippen molar-refractivity contribution in [1.29, 1.82) is 0 Å². The molecule has 4 atom stereocenters. The molecular weight excluding hydrogens is 285 g/mol. The molecule has 118 valence electrons. The quantitative estimate of drug-likeness (QED) is 0.812. The molecule has 0 amide bonds. The number of halogens is 1. The molecule has 0 bridgehead atoms. The van der Waals surface area contributed by atoms with Crippen LogP contribution in [-0.2, 0) is 9.47 Å². The normalized spacial score (nSPS) is 33.5. The highest BCUT2D eigenvalue weighted by Gasteiger charge is 2.53. The highest BCUT2D eigenvalue weighted by Crippen LogP contribution is 2.47. The summed E-state index contributed by atoms with van der Waals surface area (Å²) in [4.78, 5) is 8.41. The molecule has 1 aliphatic heterocycles. The summed E-state index contributed by atoms with van der Waals surface area (Å²) in [6.45, 7) is 7.85. The van der Waals surface area contributed by atoms with Crippen molar-refractivity contribution in [3.05, 3.63) is 24.0 Å². The zero-order valence-electron chi connectivity index (χ0n) is 13.2. The van der Waals surface area contributed by atoms with Gasteiger partial charge in [0.05, 0.1) is 30.4 Å². The molecule has 6 heteroatoms. The van der Waals surface area contributed by atoms with Crippen molar-refractivity contribution >= 4 is 11.0 Å². The summed E-state index contributed by atoms with van der Waals surface area (Å²) in [6.07, 6.45) is 3.83. The molecule has 2 aliphatic rings. The lowest BCUT2D eigenvalue weighted by Crippen LogP contribution is -2.27. The zero-order valence-corrected chi connectivity index (χ0v) is 13.2. The van der Waals surface area contributed by atoms with Gasteiger partial charge in [0, 0.05) is 0 Å². The van der Waals surface area contributed by atoms with Gasteiger partial charge in [0.2, 0.25) is 0 Å². The Morgan fingerprint density at radius 3 is 2.77 bits per heavy atom. The molecule has 1 aliphatic carbocycles. The van der Waals surface area contributed by atoms with Crippen molar-refractivity contribution in [2.24, 2.45) is 5.92 Å². The van der Waals surface area contributed by atoms with Crippen LogP contribution >= 0.6 is 0 Å². The van der Waals surface area contributed by atoms with E-state index in [1.165, 1.54) is 6.20 Å². The number of rotatable bonds is 1. The summed E-state index contributed by atoms with van der Waals surface area (Å²) in [5, 5.41) is 0. The van der Waals surface area contributed by atoms with E-state index in [1.54, 1.807) is 6.33 Å². The first kappa shape index (κ1) is 14.1. The van der Waals surface area contributed by atoms with Gasteiger partial charge >= 0.3 is 0 Å². The largest absolute Gasteiger partial charge is 0.344 e. The minimum absolute atomic E-state index is 0.0306. The van der Waals surface area contributed by atoms with Crippen LogP contribution in [-0.4, -0.2) is 32.5 Å². The molecule has 5 nitrogen and oxygen atoms in total. The second-order valence-electron chi connectivity index (χ2n) is 6.89. The number of aryl methyl sites for hydroxylation is 1. The van der Waals surface area contributed by atoms with Gasteiger partial charge in [0.15, 0.2) is 11.6 Å². The number of ether oxygens (including phenoxy) is 2. The van der Waals surface area contributed by atoms with Gasteiger partial charge in [-0.15, -0.1) is 0 Å². The number of hydrogen-bond donors (Lipinski definition) is 0. The molecule has 1 saturated heterocycles. The maximum absolute atomic E-state index is 14.3. The molecule has 2 aromatic rings. The molecule has 3 heterocycles. The number of pyridine rings is 1. The summed E-state index contributed by atoms with van der Waals surface area (Å²) in [5.74, 6) is -0.568. The van der Waals surface area contributed by atoms with E-state index < -0.39 is 5.79 Å². The Morgan fingerprint density at radius 1 is 1.27 bits per heavy atom. The number of imidazole rings is 1. The molecule has 0 radical (unpaired) electrons. The number of nitrogens with zero attached hydrogens (tertiary/aromatic N) is 3. The molecule has 0 spiro atoms. The van der Waals surface area contributed by atoms with Crippen LogP contribution in [0.15, 0.2) is 12.5 Å². The van der Waals surface area contributed by atoms with Crippen LogP contribution < -0.4 is 0 Å². The third kappa shape index (κ3) is 1.90. The predicted octanol–water partition coefficient (Wildman–Crippen LogP) is 2.98. The Kier molecular flexibility index (Phi) is 2.87. The lowest BCUT2D eigenvalue weighted by Gasteiger charge is -2.23. The van der Waals surface area contributed by atoms with Crippen LogP contribution in [0.5, 0.6) is 0 Å². The summed E-state index contributed by atoms with van der Waals surface area (Å²) in [6, 6.07) is 0.0306.